The van der Waals surface area contributed by atoms with Crippen LogP contribution >= 0.6 is 0 Å². The number of ether oxygens (including phenoxy) is 1. The van der Waals surface area contributed by atoms with E-state index in [1.54, 1.807) is 19.9 Å². The van der Waals surface area contributed by atoms with Gasteiger partial charge in [0.25, 0.3) is 5.69 Å². The second-order valence-corrected chi connectivity index (χ2v) is 4.32. The van der Waals surface area contributed by atoms with Gasteiger partial charge in [0.15, 0.2) is 6.29 Å². The van der Waals surface area contributed by atoms with Crippen LogP contribution in [0, 0.1) is 24.0 Å². The number of rotatable bonds is 4. The summed E-state index contributed by atoms with van der Waals surface area (Å²) in [7, 11) is 0. The molecule has 20 heavy (non-hydrogen) atoms. The van der Waals surface area contributed by atoms with Crippen molar-refractivity contribution >= 4 is 12.0 Å². The lowest BCUT2D eigenvalue weighted by molar-refractivity contribution is -0.384. The van der Waals surface area contributed by atoms with Crippen LogP contribution in [0.5, 0.6) is 11.6 Å². The van der Waals surface area contributed by atoms with Crippen molar-refractivity contribution in [3.05, 3.63) is 57.3 Å². The van der Waals surface area contributed by atoms with Crippen LogP contribution in [0.2, 0.25) is 0 Å². The molecule has 6 nitrogen and oxygen atoms in total. The Kier molecular flexibility index (Phi) is 3.74. The van der Waals surface area contributed by atoms with Crippen LogP contribution in [0.25, 0.3) is 0 Å². The second kappa shape index (κ2) is 5.48. The van der Waals surface area contributed by atoms with Crippen LogP contribution < -0.4 is 4.74 Å². The number of nitro benzene ring substituents is 1. The number of carbonyl (C=O) groups excluding carboxylic acids is 1. The van der Waals surface area contributed by atoms with Crippen molar-refractivity contribution in [2.75, 3.05) is 0 Å². The molecule has 1 heterocycles. The Bertz CT molecular complexity index is 683. The highest BCUT2D eigenvalue weighted by atomic mass is 16.6. The molecule has 0 spiro atoms. The van der Waals surface area contributed by atoms with Crippen LogP contribution in [-0.4, -0.2) is 16.2 Å². The molecule has 0 fully saturated rings. The van der Waals surface area contributed by atoms with Gasteiger partial charge in [0.1, 0.15) is 5.75 Å². The first-order chi connectivity index (χ1) is 9.51. The van der Waals surface area contributed by atoms with Crippen LogP contribution in [0.4, 0.5) is 5.69 Å². The minimum atomic E-state index is -0.459. The molecule has 1 aromatic heterocycles. The van der Waals surface area contributed by atoms with Crippen molar-refractivity contribution in [2.24, 2.45) is 0 Å². The number of pyridine rings is 1. The van der Waals surface area contributed by atoms with E-state index in [0.29, 0.717) is 34.6 Å². The lowest BCUT2D eigenvalue weighted by Crippen LogP contribution is -1.96. The van der Waals surface area contributed by atoms with E-state index < -0.39 is 4.92 Å². The summed E-state index contributed by atoms with van der Waals surface area (Å²) < 4.78 is 5.62. The van der Waals surface area contributed by atoms with Gasteiger partial charge in [-0.25, -0.2) is 4.98 Å². The van der Waals surface area contributed by atoms with Crippen molar-refractivity contribution in [3.8, 4) is 11.6 Å². The molecule has 6 heteroatoms. The van der Waals surface area contributed by atoms with Gasteiger partial charge in [-0.3, -0.25) is 14.9 Å². The van der Waals surface area contributed by atoms with E-state index in [4.69, 9.17) is 4.74 Å². The zero-order valence-electron chi connectivity index (χ0n) is 11.0. The van der Waals surface area contributed by atoms with Crippen molar-refractivity contribution in [1.82, 2.24) is 4.98 Å². The minimum absolute atomic E-state index is 0.0100. The van der Waals surface area contributed by atoms with E-state index in [-0.39, 0.29) is 5.69 Å². The predicted octanol–water partition coefficient (Wildman–Crippen LogP) is 3.21. The first-order valence-corrected chi connectivity index (χ1v) is 5.86. The lowest BCUT2D eigenvalue weighted by atomic mass is 10.2. The summed E-state index contributed by atoms with van der Waals surface area (Å²) in [6, 6.07) is 6.00. The van der Waals surface area contributed by atoms with E-state index in [2.05, 4.69) is 4.98 Å². The summed E-state index contributed by atoms with van der Waals surface area (Å²) in [6.45, 7) is 3.49. The summed E-state index contributed by atoms with van der Waals surface area (Å²) in [5.41, 5.74) is 1.83. The van der Waals surface area contributed by atoms with E-state index >= 15 is 0 Å². The third-order valence-corrected chi connectivity index (χ3v) is 2.76. The van der Waals surface area contributed by atoms with Gasteiger partial charge >= 0.3 is 0 Å². The maximum Gasteiger partial charge on any atom is 0.269 e. The number of aryl methyl sites for hydroxylation is 2. The predicted molar refractivity (Wildman–Crippen MR) is 72.3 cm³/mol. The number of non-ortho nitro benzene ring substituents is 1. The van der Waals surface area contributed by atoms with Crippen molar-refractivity contribution < 1.29 is 14.5 Å². The van der Waals surface area contributed by atoms with Crippen LogP contribution in [0.3, 0.4) is 0 Å². The Labute approximate surface area is 115 Å². The summed E-state index contributed by atoms with van der Waals surface area (Å²) in [4.78, 5) is 24.9. The molecule has 1 aromatic carbocycles. The Hall–Kier alpha value is -2.76. The second-order valence-electron chi connectivity index (χ2n) is 4.32. The zero-order valence-corrected chi connectivity index (χ0v) is 11.0. The van der Waals surface area contributed by atoms with Crippen molar-refractivity contribution in [1.29, 1.82) is 0 Å². The first-order valence-electron chi connectivity index (χ1n) is 5.86. The van der Waals surface area contributed by atoms with Gasteiger partial charge in [-0.05, 0) is 31.5 Å². The summed E-state index contributed by atoms with van der Waals surface area (Å²) in [5.74, 6) is 0.859. The molecular formula is C14H12N2O4. The summed E-state index contributed by atoms with van der Waals surface area (Å²) in [6.07, 6.45) is 2.12. The topological polar surface area (TPSA) is 82.3 Å². The molecule has 0 bridgehead atoms. The summed E-state index contributed by atoms with van der Waals surface area (Å²) in [5, 5.41) is 10.7. The number of hydrogen-bond donors (Lipinski definition) is 0. The highest BCUT2D eigenvalue weighted by molar-refractivity contribution is 5.74. The zero-order chi connectivity index (χ0) is 14.7. The molecule has 0 saturated heterocycles. The average Bonchev–Trinajstić information content (AvgIpc) is 2.42. The Morgan fingerprint density at radius 3 is 2.55 bits per heavy atom. The number of nitro groups is 1. The average molecular weight is 272 g/mol. The van der Waals surface area contributed by atoms with E-state index in [0.717, 1.165) is 0 Å². The van der Waals surface area contributed by atoms with E-state index in [1.165, 1.54) is 24.4 Å². The van der Waals surface area contributed by atoms with Crippen molar-refractivity contribution in [3.63, 3.8) is 0 Å². The number of hydrogen-bond acceptors (Lipinski definition) is 5. The number of carbonyl (C=O) groups is 1. The molecule has 102 valence electrons. The van der Waals surface area contributed by atoms with Gasteiger partial charge in [-0.1, -0.05) is 0 Å². The quantitative estimate of drug-likeness (QED) is 0.485. The van der Waals surface area contributed by atoms with E-state index in [1.807, 2.05) is 0 Å². The molecule has 0 N–H and O–H groups in total. The fraction of sp³-hybridized carbons (Fsp3) is 0.143. The van der Waals surface area contributed by atoms with Gasteiger partial charge in [-0.15, -0.1) is 0 Å². The maximum absolute atomic E-state index is 10.7. The lowest BCUT2D eigenvalue weighted by Gasteiger charge is -2.09. The molecule has 0 aliphatic rings. The third-order valence-electron chi connectivity index (χ3n) is 2.76. The van der Waals surface area contributed by atoms with Crippen LogP contribution in [0.15, 0.2) is 30.5 Å². The van der Waals surface area contributed by atoms with Gasteiger partial charge in [0, 0.05) is 29.5 Å². The highest BCUT2D eigenvalue weighted by Gasteiger charge is 2.11. The smallest absolute Gasteiger partial charge is 0.269 e. The molecule has 0 amide bonds. The SMILES string of the molecule is Cc1cc([N+](=O)[O-])ccc1Oc1ncc(C=O)cc1C. The fourth-order valence-corrected chi connectivity index (χ4v) is 1.72. The Morgan fingerprint density at radius 2 is 2.00 bits per heavy atom. The Morgan fingerprint density at radius 1 is 1.25 bits per heavy atom. The number of aromatic nitrogens is 1. The molecule has 0 saturated carbocycles. The van der Waals surface area contributed by atoms with Gasteiger partial charge < -0.3 is 4.74 Å². The summed E-state index contributed by atoms with van der Waals surface area (Å²) >= 11 is 0. The molecular weight excluding hydrogens is 260 g/mol. The maximum atomic E-state index is 10.7. The van der Waals surface area contributed by atoms with Gasteiger partial charge in [0.05, 0.1) is 4.92 Å². The number of nitrogens with zero attached hydrogens (tertiary/aromatic N) is 2. The van der Waals surface area contributed by atoms with Crippen LogP contribution in [-0.2, 0) is 0 Å². The minimum Gasteiger partial charge on any atom is -0.438 e. The van der Waals surface area contributed by atoms with Gasteiger partial charge in [0.2, 0.25) is 5.88 Å². The molecule has 0 atom stereocenters. The molecule has 0 unspecified atom stereocenters. The monoisotopic (exact) mass is 272 g/mol. The molecule has 2 aromatic rings. The molecule has 2 rings (SSSR count). The van der Waals surface area contributed by atoms with Gasteiger partial charge in [-0.2, -0.15) is 0 Å². The molecule has 0 aliphatic carbocycles. The fourth-order valence-electron chi connectivity index (χ4n) is 1.72. The largest absolute Gasteiger partial charge is 0.438 e. The first kappa shape index (κ1) is 13.7. The normalized spacial score (nSPS) is 10.1. The molecule has 0 aliphatic heterocycles. The third kappa shape index (κ3) is 2.80. The Balaban J connectivity index is 2.30. The number of aldehydes is 1. The van der Waals surface area contributed by atoms with Crippen LogP contribution in [0.1, 0.15) is 21.5 Å². The molecule has 0 radical (unpaired) electrons. The standard InChI is InChI=1S/C14H12N2O4/c1-9-6-12(16(18)19)3-4-13(9)20-14-10(2)5-11(8-17)7-15-14/h3-8H,1-2H3. The van der Waals surface area contributed by atoms with E-state index in [9.17, 15) is 14.9 Å². The highest BCUT2D eigenvalue weighted by Crippen LogP contribution is 2.28. The van der Waals surface area contributed by atoms with Crippen molar-refractivity contribution in [2.45, 2.75) is 13.8 Å². The number of benzene rings is 1.